The molecule has 0 bridgehead atoms. The molecule has 0 aliphatic carbocycles. The molecule has 0 fully saturated rings. The molecule has 0 aromatic heterocycles. The van der Waals surface area contributed by atoms with Gasteiger partial charge in [0.05, 0.1) is 7.11 Å². The molecule has 1 aromatic rings. The van der Waals surface area contributed by atoms with Gasteiger partial charge in [0, 0.05) is 6.42 Å². The fraction of sp³-hybridized carbons (Fsp3) is 0.632. The van der Waals surface area contributed by atoms with Gasteiger partial charge in [-0.05, 0) is 24.3 Å². The molecule has 21 heavy (non-hydrogen) atoms. The normalized spacial score (nSPS) is 12.1. The second kappa shape index (κ2) is 11.4. The second-order valence-electron chi connectivity index (χ2n) is 5.87. The molecule has 1 rings (SSSR count). The number of rotatable bonds is 11. The molecule has 0 radical (unpaired) electrons. The van der Waals surface area contributed by atoms with Crippen LogP contribution in [0.25, 0.3) is 0 Å². The van der Waals surface area contributed by atoms with E-state index in [0.29, 0.717) is 6.42 Å². The van der Waals surface area contributed by atoms with E-state index in [2.05, 4.69) is 37.3 Å². The number of hydrogen-bond acceptors (Lipinski definition) is 2. The lowest BCUT2D eigenvalue weighted by Gasteiger charge is -2.17. The third-order valence-electron chi connectivity index (χ3n) is 4.05. The summed E-state index contributed by atoms with van der Waals surface area (Å²) >= 11 is 0. The maximum Gasteiger partial charge on any atom is 0.305 e. The third kappa shape index (κ3) is 8.54. The van der Waals surface area contributed by atoms with Crippen LogP contribution in [0.1, 0.15) is 63.9 Å². The van der Waals surface area contributed by atoms with Gasteiger partial charge in [-0.15, -0.1) is 0 Å². The van der Waals surface area contributed by atoms with Gasteiger partial charge in [-0.1, -0.05) is 75.8 Å². The molecule has 1 aromatic carbocycles. The van der Waals surface area contributed by atoms with Crippen LogP contribution in [0, 0.1) is 5.92 Å². The molecule has 0 N–H and O–H groups in total. The molecule has 0 aliphatic heterocycles. The van der Waals surface area contributed by atoms with Crippen LogP contribution < -0.4 is 0 Å². The van der Waals surface area contributed by atoms with E-state index in [0.717, 1.165) is 18.8 Å². The summed E-state index contributed by atoms with van der Waals surface area (Å²) in [6.45, 7) is 2.25. The van der Waals surface area contributed by atoms with E-state index in [9.17, 15) is 4.79 Å². The number of hydrogen-bond donors (Lipinski definition) is 0. The van der Waals surface area contributed by atoms with Crippen molar-refractivity contribution < 1.29 is 9.53 Å². The first kappa shape index (κ1) is 17.7. The van der Waals surface area contributed by atoms with Crippen LogP contribution >= 0.6 is 0 Å². The first-order valence-electron chi connectivity index (χ1n) is 8.37. The maximum atomic E-state index is 11.1. The Hall–Kier alpha value is -1.31. The number of methoxy groups -OCH3 is 1. The molecule has 0 saturated heterocycles. The average molecular weight is 290 g/mol. The highest BCUT2D eigenvalue weighted by Gasteiger charge is 2.10. The van der Waals surface area contributed by atoms with Gasteiger partial charge in [-0.25, -0.2) is 0 Å². The standard InChI is InChI=1S/C19H30O2/c1-3-4-6-11-17(14-9-10-15-19(20)21-2)16-18-12-7-5-8-13-18/h5,7-8,12-13,17H,3-4,6,9-11,14-16H2,1-2H3. The van der Waals surface area contributed by atoms with Crippen molar-refractivity contribution in [3.05, 3.63) is 35.9 Å². The highest BCUT2D eigenvalue weighted by molar-refractivity contribution is 5.68. The van der Waals surface area contributed by atoms with Crippen LogP contribution in [0.15, 0.2) is 30.3 Å². The summed E-state index contributed by atoms with van der Waals surface area (Å²) in [6.07, 6.45) is 10.3. The fourth-order valence-electron chi connectivity index (χ4n) is 2.78. The van der Waals surface area contributed by atoms with Crippen molar-refractivity contribution in [2.75, 3.05) is 7.11 Å². The molecule has 1 unspecified atom stereocenters. The number of benzene rings is 1. The number of esters is 1. The van der Waals surface area contributed by atoms with Crippen molar-refractivity contribution in [1.29, 1.82) is 0 Å². The van der Waals surface area contributed by atoms with Crippen LogP contribution in [-0.4, -0.2) is 13.1 Å². The van der Waals surface area contributed by atoms with E-state index in [4.69, 9.17) is 4.74 Å². The fourth-order valence-corrected chi connectivity index (χ4v) is 2.78. The molecule has 0 spiro atoms. The molecule has 2 heteroatoms. The van der Waals surface area contributed by atoms with E-state index >= 15 is 0 Å². The van der Waals surface area contributed by atoms with Gasteiger partial charge in [0.25, 0.3) is 0 Å². The summed E-state index contributed by atoms with van der Waals surface area (Å²) in [5, 5.41) is 0. The van der Waals surface area contributed by atoms with Gasteiger partial charge in [-0.3, -0.25) is 4.79 Å². The van der Waals surface area contributed by atoms with Crippen molar-refractivity contribution in [1.82, 2.24) is 0 Å². The molecule has 1 atom stereocenters. The molecule has 118 valence electrons. The van der Waals surface area contributed by atoms with Crippen molar-refractivity contribution >= 4 is 5.97 Å². The number of unbranched alkanes of at least 4 members (excludes halogenated alkanes) is 3. The minimum absolute atomic E-state index is 0.0828. The van der Waals surface area contributed by atoms with Crippen LogP contribution in [0.5, 0.6) is 0 Å². The van der Waals surface area contributed by atoms with Crippen LogP contribution in [0.4, 0.5) is 0 Å². The molecule has 0 heterocycles. The van der Waals surface area contributed by atoms with Crippen molar-refractivity contribution in [3.63, 3.8) is 0 Å². The highest BCUT2D eigenvalue weighted by atomic mass is 16.5. The lowest BCUT2D eigenvalue weighted by molar-refractivity contribution is -0.140. The number of carbonyl (C=O) groups is 1. The van der Waals surface area contributed by atoms with E-state index < -0.39 is 0 Å². The monoisotopic (exact) mass is 290 g/mol. The SMILES string of the molecule is CCCCCC(CCCCC(=O)OC)Cc1ccccc1. The smallest absolute Gasteiger partial charge is 0.305 e. The van der Waals surface area contributed by atoms with Gasteiger partial charge >= 0.3 is 5.97 Å². The van der Waals surface area contributed by atoms with E-state index in [-0.39, 0.29) is 5.97 Å². The summed E-state index contributed by atoms with van der Waals surface area (Å²) in [5.41, 5.74) is 1.44. The highest BCUT2D eigenvalue weighted by Crippen LogP contribution is 2.22. The first-order chi connectivity index (χ1) is 10.3. The van der Waals surface area contributed by atoms with Gasteiger partial charge in [0.1, 0.15) is 0 Å². The third-order valence-corrected chi connectivity index (χ3v) is 4.05. The van der Waals surface area contributed by atoms with Gasteiger partial charge in [0.2, 0.25) is 0 Å². The molecule has 0 saturated carbocycles. The van der Waals surface area contributed by atoms with Crippen molar-refractivity contribution in [3.8, 4) is 0 Å². The minimum atomic E-state index is -0.0828. The summed E-state index contributed by atoms with van der Waals surface area (Å²) in [4.78, 5) is 11.1. The predicted octanol–water partition coefficient (Wildman–Crippen LogP) is 5.16. The summed E-state index contributed by atoms with van der Waals surface area (Å²) in [6, 6.07) is 10.8. The van der Waals surface area contributed by atoms with E-state index in [1.54, 1.807) is 0 Å². The Kier molecular flexibility index (Phi) is 9.60. The Balaban J connectivity index is 2.35. The summed E-state index contributed by atoms with van der Waals surface area (Å²) in [7, 11) is 1.46. The van der Waals surface area contributed by atoms with Crippen LogP contribution in [0.2, 0.25) is 0 Å². The molecular formula is C19H30O2. The minimum Gasteiger partial charge on any atom is -0.469 e. The Bertz CT molecular complexity index is 372. The van der Waals surface area contributed by atoms with Gasteiger partial charge in [-0.2, -0.15) is 0 Å². The predicted molar refractivity (Wildman–Crippen MR) is 88.3 cm³/mol. The molecular weight excluding hydrogens is 260 g/mol. The zero-order chi connectivity index (χ0) is 15.3. The van der Waals surface area contributed by atoms with E-state index in [1.807, 2.05) is 0 Å². The lowest BCUT2D eigenvalue weighted by Crippen LogP contribution is -2.06. The number of ether oxygens (including phenoxy) is 1. The first-order valence-corrected chi connectivity index (χ1v) is 8.37. The Morgan fingerprint density at radius 2 is 1.71 bits per heavy atom. The van der Waals surface area contributed by atoms with Gasteiger partial charge < -0.3 is 4.74 Å². The molecule has 0 amide bonds. The zero-order valence-electron chi connectivity index (χ0n) is 13.6. The van der Waals surface area contributed by atoms with Gasteiger partial charge in [0.15, 0.2) is 0 Å². The van der Waals surface area contributed by atoms with Crippen LogP contribution in [-0.2, 0) is 16.0 Å². The Morgan fingerprint density at radius 3 is 2.33 bits per heavy atom. The Morgan fingerprint density at radius 1 is 1.05 bits per heavy atom. The molecule has 2 nitrogen and oxygen atoms in total. The van der Waals surface area contributed by atoms with Crippen LogP contribution in [0.3, 0.4) is 0 Å². The lowest BCUT2D eigenvalue weighted by atomic mass is 9.89. The Labute approximate surface area is 129 Å². The second-order valence-corrected chi connectivity index (χ2v) is 5.87. The largest absolute Gasteiger partial charge is 0.469 e. The van der Waals surface area contributed by atoms with Crippen molar-refractivity contribution in [2.45, 2.75) is 64.7 Å². The average Bonchev–Trinajstić information content (AvgIpc) is 2.52. The van der Waals surface area contributed by atoms with E-state index in [1.165, 1.54) is 51.2 Å². The topological polar surface area (TPSA) is 26.3 Å². The van der Waals surface area contributed by atoms with Crippen molar-refractivity contribution in [2.24, 2.45) is 5.92 Å². The molecule has 0 aliphatic rings. The summed E-state index contributed by atoms with van der Waals surface area (Å²) < 4.78 is 4.69. The maximum absolute atomic E-state index is 11.1. The summed E-state index contributed by atoms with van der Waals surface area (Å²) in [5.74, 6) is 0.664. The number of carbonyl (C=O) groups excluding carboxylic acids is 1. The quantitative estimate of drug-likeness (QED) is 0.415. The zero-order valence-corrected chi connectivity index (χ0v) is 13.6.